The minimum absolute atomic E-state index is 0. The van der Waals surface area contributed by atoms with Crippen LogP contribution >= 0.6 is 0 Å². The van der Waals surface area contributed by atoms with Gasteiger partial charge in [-0.05, 0) is 18.2 Å². The van der Waals surface area contributed by atoms with E-state index in [4.69, 9.17) is 9.47 Å². The van der Waals surface area contributed by atoms with Gasteiger partial charge in [-0.2, -0.15) is 4.36 Å². The van der Waals surface area contributed by atoms with Crippen LogP contribution in [0.4, 0.5) is 26.0 Å². The number of nitrogens with one attached hydrogen (secondary N) is 1. The highest BCUT2D eigenvalue weighted by Gasteiger charge is 2.29. The van der Waals surface area contributed by atoms with E-state index >= 15 is 4.39 Å². The molecule has 0 aliphatic carbocycles. The zero-order valence-electron chi connectivity index (χ0n) is 18.3. The summed E-state index contributed by atoms with van der Waals surface area (Å²) in [6, 6.07) is 6.52. The Morgan fingerprint density at radius 2 is 2.00 bits per heavy atom. The van der Waals surface area contributed by atoms with Crippen molar-refractivity contribution < 1.29 is 27.6 Å². The highest BCUT2D eigenvalue weighted by molar-refractivity contribution is 7.93. The number of ether oxygens (including phenoxy) is 2. The van der Waals surface area contributed by atoms with E-state index in [1.807, 2.05) is 0 Å². The average Bonchev–Trinajstić information content (AvgIpc) is 3.14. The molecule has 34 heavy (non-hydrogen) atoms. The van der Waals surface area contributed by atoms with Crippen molar-refractivity contribution in [3.05, 3.63) is 48.3 Å². The molecule has 0 saturated carbocycles. The zero-order valence-corrected chi connectivity index (χ0v) is 19.1. The van der Waals surface area contributed by atoms with Crippen molar-refractivity contribution in [1.29, 1.82) is 0 Å². The molecule has 1 unspecified atom stereocenters. The third-order valence-corrected chi connectivity index (χ3v) is 7.63. The van der Waals surface area contributed by atoms with Gasteiger partial charge in [-0.3, -0.25) is 0 Å². The van der Waals surface area contributed by atoms with E-state index < -0.39 is 33.6 Å². The molecule has 11 heteroatoms. The molecule has 3 atom stereocenters. The van der Waals surface area contributed by atoms with E-state index in [0.29, 0.717) is 5.69 Å². The van der Waals surface area contributed by atoms with Gasteiger partial charge in [0, 0.05) is 23.6 Å². The number of aromatic nitrogens is 2. The van der Waals surface area contributed by atoms with Crippen molar-refractivity contribution in [3.8, 4) is 5.75 Å². The molecule has 2 heterocycles. The summed E-state index contributed by atoms with van der Waals surface area (Å²) in [6.45, 7) is 3.85. The van der Waals surface area contributed by atoms with Crippen LogP contribution in [0.2, 0.25) is 0 Å². The summed E-state index contributed by atoms with van der Waals surface area (Å²) in [6.07, 6.45) is 1.26. The molecule has 2 N–H and O–H groups in total. The van der Waals surface area contributed by atoms with Crippen LogP contribution in [0.5, 0.6) is 5.75 Å². The molecule has 8 nitrogen and oxygen atoms in total. The maximum absolute atomic E-state index is 15.1. The second-order valence-corrected chi connectivity index (χ2v) is 10.9. The summed E-state index contributed by atoms with van der Waals surface area (Å²) >= 11 is 0. The normalized spacial score (nSPS) is 19.5. The monoisotopic (exact) mass is 494 g/mol. The van der Waals surface area contributed by atoms with Gasteiger partial charge in [0.1, 0.15) is 35.6 Å². The quantitative estimate of drug-likeness (QED) is 0.517. The highest BCUT2D eigenvalue weighted by atomic mass is 32.2. The van der Waals surface area contributed by atoms with Crippen molar-refractivity contribution in [2.45, 2.75) is 38.7 Å². The molecule has 2 aromatic carbocycles. The molecular weight excluding hydrogens is 466 g/mol. The number of anilines is 2. The number of aliphatic hydroxyl groups is 1. The molecule has 1 saturated heterocycles. The Labute approximate surface area is 197 Å². The van der Waals surface area contributed by atoms with Crippen LogP contribution in [0.1, 0.15) is 21.3 Å². The highest BCUT2D eigenvalue weighted by Crippen LogP contribution is 2.34. The van der Waals surface area contributed by atoms with E-state index in [2.05, 4.69) is 19.6 Å². The van der Waals surface area contributed by atoms with Gasteiger partial charge in [-0.15, -0.1) is 0 Å². The van der Waals surface area contributed by atoms with Gasteiger partial charge < -0.3 is 19.9 Å². The molecule has 4 rings (SSSR count). The van der Waals surface area contributed by atoms with Crippen LogP contribution in [0.15, 0.2) is 41.0 Å². The zero-order chi connectivity index (χ0) is 23.8. The van der Waals surface area contributed by atoms with E-state index in [9.17, 15) is 13.7 Å². The lowest BCUT2D eigenvalue weighted by Crippen LogP contribution is -2.30. The van der Waals surface area contributed by atoms with E-state index in [1.165, 1.54) is 36.8 Å². The van der Waals surface area contributed by atoms with E-state index in [0.717, 1.165) is 6.07 Å². The number of benzene rings is 2. The molecule has 0 radical (unpaired) electrons. The standard InChI is InChI=1S/C22H24F2N4O4S.CH4/c1-12(2)33(3,30)28-14-7-15(24)21-17(8-14)25-11-26-22(21)27-16-5-4-13(23)6-19(16)32-20-10-31-9-18(20)29;/h4-8,11-12,18,20,29H,9-10H2,1-3H3,(H,25,26,27);1H4/t18-,20+,33?;/m0./s1. The first kappa shape index (κ1) is 25.7. The van der Waals surface area contributed by atoms with Gasteiger partial charge >= 0.3 is 0 Å². The van der Waals surface area contributed by atoms with E-state index in [1.54, 1.807) is 13.8 Å². The fourth-order valence-corrected chi connectivity index (χ4v) is 3.95. The summed E-state index contributed by atoms with van der Waals surface area (Å²) in [5, 5.41) is 12.8. The first-order chi connectivity index (χ1) is 15.6. The number of halogens is 2. The third kappa shape index (κ3) is 5.43. The van der Waals surface area contributed by atoms with Crippen molar-refractivity contribution in [1.82, 2.24) is 9.97 Å². The van der Waals surface area contributed by atoms with Gasteiger partial charge in [0.05, 0.1) is 45.2 Å². The Morgan fingerprint density at radius 1 is 1.24 bits per heavy atom. The molecule has 3 aromatic rings. The summed E-state index contributed by atoms with van der Waals surface area (Å²) in [7, 11) is -2.55. The van der Waals surface area contributed by atoms with Gasteiger partial charge in [0.25, 0.3) is 0 Å². The van der Waals surface area contributed by atoms with Crippen LogP contribution in [0.25, 0.3) is 10.9 Å². The number of fused-ring (bicyclic) bond motifs is 1. The van der Waals surface area contributed by atoms with Crippen molar-refractivity contribution in [2.24, 2.45) is 4.36 Å². The average molecular weight is 495 g/mol. The number of rotatable bonds is 6. The van der Waals surface area contributed by atoms with Gasteiger partial charge in [-0.25, -0.2) is 23.0 Å². The van der Waals surface area contributed by atoms with Gasteiger partial charge in [-0.1, -0.05) is 21.3 Å². The minimum atomic E-state index is -2.55. The molecule has 1 aromatic heterocycles. The van der Waals surface area contributed by atoms with Crippen molar-refractivity contribution in [2.75, 3.05) is 24.8 Å². The van der Waals surface area contributed by atoms with Crippen molar-refractivity contribution >= 4 is 37.8 Å². The maximum atomic E-state index is 15.1. The number of aliphatic hydroxyl groups excluding tert-OH is 1. The molecule has 0 spiro atoms. The lowest BCUT2D eigenvalue weighted by Gasteiger charge is -2.19. The summed E-state index contributed by atoms with van der Waals surface area (Å²) in [5.74, 6) is -0.949. The smallest absolute Gasteiger partial charge is 0.150 e. The SMILES string of the molecule is C.CC(C)S(C)(=O)=Nc1cc(F)c2c(Nc3ccc(F)cc3O[C@@H]3COC[C@@H]3O)ncnc2c1. The molecule has 184 valence electrons. The molecule has 1 aliphatic heterocycles. The van der Waals surface area contributed by atoms with Crippen LogP contribution < -0.4 is 10.1 Å². The largest absolute Gasteiger partial charge is 0.483 e. The summed E-state index contributed by atoms with van der Waals surface area (Å²) in [4.78, 5) is 8.26. The lowest BCUT2D eigenvalue weighted by molar-refractivity contribution is 0.0736. The first-order valence-electron chi connectivity index (χ1n) is 10.3. The van der Waals surface area contributed by atoms with Gasteiger partial charge in [0.2, 0.25) is 0 Å². The second-order valence-electron chi connectivity index (χ2n) is 8.07. The third-order valence-electron chi connectivity index (χ3n) is 5.31. The second kappa shape index (κ2) is 10.2. The Bertz CT molecular complexity index is 1310. The maximum Gasteiger partial charge on any atom is 0.150 e. The van der Waals surface area contributed by atoms with Crippen LogP contribution in [0, 0.1) is 11.6 Å². The van der Waals surface area contributed by atoms with E-state index in [-0.39, 0.29) is 54.0 Å². The number of nitrogens with zero attached hydrogens (tertiary/aromatic N) is 3. The first-order valence-corrected chi connectivity index (χ1v) is 12.3. The van der Waals surface area contributed by atoms with Crippen LogP contribution in [-0.4, -0.2) is 56.2 Å². The van der Waals surface area contributed by atoms with Crippen LogP contribution in [-0.2, 0) is 14.5 Å². The molecule has 1 aliphatic rings. The topological polar surface area (TPSA) is 106 Å². The minimum Gasteiger partial charge on any atom is -0.483 e. The Morgan fingerprint density at radius 3 is 2.68 bits per heavy atom. The lowest BCUT2D eigenvalue weighted by atomic mass is 10.2. The van der Waals surface area contributed by atoms with Gasteiger partial charge in [0.15, 0.2) is 6.10 Å². The van der Waals surface area contributed by atoms with Crippen molar-refractivity contribution in [3.63, 3.8) is 0 Å². The number of hydrogen-bond acceptors (Lipinski definition) is 8. The molecule has 1 fully saturated rings. The molecular formula is C23H28F2N4O4S. The summed E-state index contributed by atoms with van der Waals surface area (Å²) < 4.78 is 56.8. The Kier molecular flexibility index (Phi) is 7.69. The van der Waals surface area contributed by atoms with Crippen LogP contribution in [0.3, 0.4) is 0 Å². The predicted octanol–water partition coefficient (Wildman–Crippen LogP) is 4.56. The Hall–Kier alpha value is -2.89. The fourth-order valence-electron chi connectivity index (χ4n) is 3.21. The predicted molar refractivity (Wildman–Crippen MR) is 128 cm³/mol. The molecule has 0 amide bonds. The summed E-state index contributed by atoms with van der Waals surface area (Å²) in [5.41, 5.74) is 0.793. The number of hydrogen-bond donors (Lipinski definition) is 2. The fraction of sp³-hybridized carbons (Fsp3) is 0.391. The molecule has 0 bridgehead atoms. The Balaban J connectivity index is 0.00000324.